The molecule has 2 fully saturated rings. The molecule has 2 aliphatic rings. The Hall–Kier alpha value is 0.0600. The van der Waals surface area contributed by atoms with Crippen molar-refractivity contribution in [3.63, 3.8) is 0 Å². The lowest BCUT2D eigenvalue weighted by Crippen LogP contribution is -2.51. The van der Waals surface area contributed by atoms with Crippen molar-refractivity contribution < 1.29 is 0 Å². The van der Waals surface area contributed by atoms with Gasteiger partial charge in [0, 0.05) is 53.0 Å². The molecule has 2 N–H and O–H groups in total. The maximum atomic E-state index is 6.09. The van der Waals surface area contributed by atoms with E-state index in [-0.39, 0.29) is 0 Å². The fraction of sp³-hybridized carbons (Fsp3) is 0.750. The van der Waals surface area contributed by atoms with E-state index in [1.54, 1.807) is 0 Å². The molecule has 0 aromatic carbocycles. The Balaban J connectivity index is 1.61. The van der Waals surface area contributed by atoms with Crippen molar-refractivity contribution in [1.82, 2.24) is 9.80 Å². The Morgan fingerprint density at radius 3 is 2.48 bits per heavy atom. The fourth-order valence-electron chi connectivity index (χ4n) is 3.77. The van der Waals surface area contributed by atoms with Gasteiger partial charge in [-0.05, 0) is 41.8 Å². The van der Waals surface area contributed by atoms with Crippen molar-refractivity contribution in [2.24, 2.45) is 5.73 Å². The van der Waals surface area contributed by atoms with Crippen molar-refractivity contribution in [2.45, 2.75) is 44.7 Å². The van der Waals surface area contributed by atoms with Crippen molar-refractivity contribution in [3.05, 3.63) is 20.3 Å². The number of piperazine rings is 1. The molecule has 1 saturated carbocycles. The summed E-state index contributed by atoms with van der Waals surface area (Å²) in [6.45, 7) is 7.64. The molecule has 1 aliphatic heterocycles. The average Bonchev–Trinajstić information content (AvgIpc) is 3.12. The molecule has 118 valence electrons. The first kappa shape index (κ1) is 15.9. The Morgan fingerprint density at radius 2 is 1.95 bits per heavy atom. The molecule has 3 rings (SSSR count). The molecule has 0 amide bonds. The van der Waals surface area contributed by atoms with Crippen LogP contribution in [0.25, 0.3) is 0 Å². The number of rotatable bonds is 4. The molecule has 1 aromatic rings. The number of thiophene rings is 1. The molecule has 0 radical (unpaired) electrons. The van der Waals surface area contributed by atoms with Gasteiger partial charge in [0.15, 0.2) is 0 Å². The lowest BCUT2D eigenvalue weighted by Gasteiger charge is -2.41. The summed E-state index contributed by atoms with van der Waals surface area (Å²) >= 11 is 5.52. The molecule has 1 unspecified atom stereocenters. The highest BCUT2D eigenvalue weighted by Gasteiger charge is 2.29. The third-order valence-corrected chi connectivity index (χ3v) is 7.30. The SMILES string of the molecule is Cc1sc(C(CN)N2CCN(C3CCCC3)CC2)cc1Br. The molecule has 5 heteroatoms. The van der Waals surface area contributed by atoms with Crippen LogP contribution in [0.1, 0.15) is 41.5 Å². The van der Waals surface area contributed by atoms with E-state index in [9.17, 15) is 0 Å². The highest BCUT2D eigenvalue weighted by molar-refractivity contribution is 9.10. The monoisotopic (exact) mass is 371 g/mol. The van der Waals surface area contributed by atoms with E-state index < -0.39 is 0 Å². The summed E-state index contributed by atoms with van der Waals surface area (Å²) < 4.78 is 1.23. The fourth-order valence-corrected chi connectivity index (χ4v) is 5.48. The second-order valence-electron chi connectivity index (χ2n) is 6.31. The maximum Gasteiger partial charge on any atom is 0.0565 e. The van der Waals surface area contributed by atoms with Gasteiger partial charge in [-0.3, -0.25) is 9.80 Å². The molecule has 1 saturated heterocycles. The molecule has 0 bridgehead atoms. The predicted molar refractivity (Wildman–Crippen MR) is 94.0 cm³/mol. The van der Waals surface area contributed by atoms with Crippen LogP contribution in [0, 0.1) is 6.92 Å². The normalized spacial score (nSPS) is 23.8. The second-order valence-corrected chi connectivity index (χ2v) is 8.46. The van der Waals surface area contributed by atoms with E-state index in [0.717, 1.165) is 25.7 Å². The summed E-state index contributed by atoms with van der Waals surface area (Å²) in [6, 6.07) is 3.52. The van der Waals surface area contributed by atoms with Crippen molar-refractivity contribution >= 4 is 27.3 Å². The minimum absolute atomic E-state index is 0.394. The van der Waals surface area contributed by atoms with Crippen LogP contribution < -0.4 is 5.73 Å². The van der Waals surface area contributed by atoms with Gasteiger partial charge < -0.3 is 5.73 Å². The van der Waals surface area contributed by atoms with Crippen LogP contribution in [0.3, 0.4) is 0 Å². The standard InChI is InChI=1S/C16H26BrN3S/c1-12-14(17)10-16(21-12)15(11-18)20-8-6-19(7-9-20)13-4-2-3-5-13/h10,13,15H,2-9,11,18H2,1H3. The number of halogens is 1. The minimum atomic E-state index is 0.394. The van der Waals surface area contributed by atoms with E-state index >= 15 is 0 Å². The van der Waals surface area contributed by atoms with Crippen LogP contribution >= 0.6 is 27.3 Å². The van der Waals surface area contributed by atoms with Gasteiger partial charge in [-0.15, -0.1) is 11.3 Å². The van der Waals surface area contributed by atoms with Crippen molar-refractivity contribution in [1.29, 1.82) is 0 Å². The third kappa shape index (κ3) is 3.53. The van der Waals surface area contributed by atoms with Gasteiger partial charge in [-0.1, -0.05) is 12.8 Å². The molecule has 1 atom stereocenters. The van der Waals surface area contributed by atoms with E-state index in [1.807, 2.05) is 11.3 Å². The van der Waals surface area contributed by atoms with Gasteiger partial charge >= 0.3 is 0 Å². The molecular weight excluding hydrogens is 346 g/mol. The first-order chi connectivity index (χ1) is 10.2. The highest BCUT2D eigenvalue weighted by Crippen LogP contribution is 2.34. The van der Waals surface area contributed by atoms with Crippen LogP contribution in [-0.4, -0.2) is 48.6 Å². The van der Waals surface area contributed by atoms with E-state index in [2.05, 4.69) is 38.7 Å². The molecule has 1 aromatic heterocycles. The van der Waals surface area contributed by atoms with Crippen molar-refractivity contribution in [2.75, 3.05) is 32.7 Å². The molecule has 0 spiro atoms. The quantitative estimate of drug-likeness (QED) is 0.880. The lowest BCUT2D eigenvalue weighted by molar-refractivity contribution is 0.0732. The number of nitrogens with two attached hydrogens (primary N) is 1. The van der Waals surface area contributed by atoms with Crippen LogP contribution in [-0.2, 0) is 0 Å². The Bertz CT molecular complexity index is 443. The number of aryl methyl sites for hydroxylation is 1. The first-order valence-electron chi connectivity index (χ1n) is 8.13. The number of nitrogens with zero attached hydrogens (tertiary/aromatic N) is 2. The number of hydrogen-bond acceptors (Lipinski definition) is 4. The Morgan fingerprint density at radius 1 is 1.29 bits per heavy atom. The van der Waals surface area contributed by atoms with Crippen LogP contribution in [0.5, 0.6) is 0 Å². The molecule has 3 nitrogen and oxygen atoms in total. The molecule has 1 aliphatic carbocycles. The topological polar surface area (TPSA) is 32.5 Å². The van der Waals surface area contributed by atoms with E-state index in [1.165, 1.54) is 53.0 Å². The smallest absolute Gasteiger partial charge is 0.0565 e. The largest absolute Gasteiger partial charge is 0.329 e. The second kappa shape index (κ2) is 7.09. The zero-order chi connectivity index (χ0) is 14.8. The summed E-state index contributed by atoms with van der Waals surface area (Å²) in [5, 5.41) is 0. The Kier molecular flexibility index (Phi) is 5.38. The van der Waals surface area contributed by atoms with Crippen LogP contribution in [0.2, 0.25) is 0 Å². The van der Waals surface area contributed by atoms with Crippen LogP contribution in [0.4, 0.5) is 0 Å². The van der Waals surface area contributed by atoms with Crippen molar-refractivity contribution in [3.8, 4) is 0 Å². The van der Waals surface area contributed by atoms with E-state index in [0.29, 0.717) is 6.04 Å². The summed E-state index contributed by atoms with van der Waals surface area (Å²) in [5.41, 5.74) is 6.09. The summed E-state index contributed by atoms with van der Waals surface area (Å²) in [4.78, 5) is 8.07. The Labute approximate surface area is 140 Å². The van der Waals surface area contributed by atoms with Gasteiger partial charge in [-0.25, -0.2) is 0 Å². The summed E-state index contributed by atoms with van der Waals surface area (Å²) in [5.74, 6) is 0. The average molecular weight is 372 g/mol. The molecular formula is C16H26BrN3S. The summed E-state index contributed by atoms with van der Waals surface area (Å²) in [6.07, 6.45) is 5.69. The van der Waals surface area contributed by atoms with Gasteiger partial charge in [0.05, 0.1) is 6.04 Å². The molecule has 2 heterocycles. The molecule has 21 heavy (non-hydrogen) atoms. The zero-order valence-corrected chi connectivity index (χ0v) is 15.3. The summed E-state index contributed by atoms with van der Waals surface area (Å²) in [7, 11) is 0. The lowest BCUT2D eigenvalue weighted by atomic mass is 10.1. The third-order valence-electron chi connectivity index (χ3n) is 5.06. The number of hydrogen-bond donors (Lipinski definition) is 1. The zero-order valence-electron chi connectivity index (χ0n) is 12.9. The van der Waals surface area contributed by atoms with Gasteiger partial charge in [0.1, 0.15) is 0 Å². The van der Waals surface area contributed by atoms with Gasteiger partial charge in [0.25, 0.3) is 0 Å². The minimum Gasteiger partial charge on any atom is -0.329 e. The highest BCUT2D eigenvalue weighted by atomic mass is 79.9. The maximum absolute atomic E-state index is 6.09. The predicted octanol–water partition coefficient (Wildman–Crippen LogP) is 3.38. The van der Waals surface area contributed by atoms with Crippen LogP contribution in [0.15, 0.2) is 10.5 Å². The van der Waals surface area contributed by atoms with E-state index in [4.69, 9.17) is 5.73 Å². The van der Waals surface area contributed by atoms with Gasteiger partial charge in [0.2, 0.25) is 0 Å². The first-order valence-corrected chi connectivity index (χ1v) is 9.74. The van der Waals surface area contributed by atoms with Gasteiger partial charge in [-0.2, -0.15) is 0 Å².